The van der Waals surface area contributed by atoms with E-state index in [-0.39, 0.29) is 19.5 Å². The van der Waals surface area contributed by atoms with E-state index >= 15 is 0 Å². The van der Waals surface area contributed by atoms with Crippen molar-refractivity contribution in [2.45, 2.75) is 52.4 Å². The minimum absolute atomic E-state index is 0. The summed E-state index contributed by atoms with van der Waals surface area (Å²) < 4.78 is 10.1. The van der Waals surface area contributed by atoms with Crippen molar-refractivity contribution < 1.29 is 33.4 Å². The predicted octanol–water partition coefficient (Wildman–Crippen LogP) is 2.98. The van der Waals surface area contributed by atoms with Crippen LogP contribution in [-0.2, 0) is 40.3 Å². The van der Waals surface area contributed by atoms with Gasteiger partial charge in [-0.25, -0.2) is 0 Å². The van der Waals surface area contributed by atoms with Gasteiger partial charge in [0.2, 0.25) is 0 Å². The van der Waals surface area contributed by atoms with Crippen molar-refractivity contribution in [1.29, 1.82) is 0 Å². The zero-order valence-electron chi connectivity index (χ0n) is 10.4. The topological polar surface area (TPSA) is 41.5 Å². The summed E-state index contributed by atoms with van der Waals surface area (Å²) in [7, 11) is 0. The van der Waals surface area contributed by atoms with E-state index in [1.807, 2.05) is 0 Å². The van der Waals surface area contributed by atoms with Crippen molar-refractivity contribution >= 4 is 18.5 Å². The summed E-state index contributed by atoms with van der Waals surface area (Å²) in [6.45, 7) is 1.92. The Labute approximate surface area is 117 Å². The summed E-state index contributed by atoms with van der Waals surface area (Å²) in [6.07, 6.45) is 6.17. The second kappa shape index (κ2) is 12.6. The average molecular weight is 319 g/mol. The second-order valence-corrected chi connectivity index (χ2v) is 6.28. The van der Waals surface area contributed by atoms with E-state index in [0.717, 1.165) is 38.5 Å². The van der Waals surface area contributed by atoms with E-state index in [9.17, 15) is 4.89 Å². The van der Waals surface area contributed by atoms with Crippen molar-refractivity contribution in [3.63, 3.8) is 0 Å². The second-order valence-electron chi connectivity index (χ2n) is 3.53. The summed E-state index contributed by atoms with van der Waals surface area (Å²) in [5, 5.41) is 0. The first-order chi connectivity index (χ1) is 7.12. The fourth-order valence-corrected chi connectivity index (χ4v) is 2.32. The van der Waals surface area contributed by atoms with Crippen molar-refractivity contribution in [3.8, 4) is 0 Å². The van der Waals surface area contributed by atoms with Crippen molar-refractivity contribution in [3.05, 3.63) is 0 Å². The maximum atomic E-state index is 11.5. The molecule has 0 aromatic heterocycles. The third-order valence-corrected chi connectivity index (χ3v) is 3.62. The van der Waals surface area contributed by atoms with E-state index < -0.39 is 6.72 Å². The zero-order chi connectivity index (χ0) is 11.6. The maximum Gasteiger partial charge on any atom is 0.115 e. The summed E-state index contributed by atoms with van der Waals surface area (Å²) in [6, 6.07) is 0. The molecule has 94 valence electrons. The largest absolute Gasteiger partial charge is 0.780 e. The quantitative estimate of drug-likeness (QED) is 0.353. The van der Waals surface area contributed by atoms with E-state index in [1.165, 1.54) is 0 Å². The molecule has 0 saturated heterocycles. The van der Waals surface area contributed by atoms with Crippen molar-refractivity contribution in [1.82, 2.24) is 0 Å². The molecule has 0 aliphatic heterocycles. The molecule has 0 saturated carbocycles. The van der Waals surface area contributed by atoms with E-state index in [1.54, 1.807) is 0 Å². The molecular formula is C10H22O3PSZn-. The zero-order valence-corrected chi connectivity index (χ0v) is 15.1. The number of hydrogen-bond acceptors (Lipinski definition) is 4. The smallest absolute Gasteiger partial charge is 0.115 e. The van der Waals surface area contributed by atoms with Gasteiger partial charge in [0.1, 0.15) is 6.72 Å². The summed E-state index contributed by atoms with van der Waals surface area (Å²) in [5.74, 6) is 0. The van der Waals surface area contributed by atoms with Crippen LogP contribution in [0.4, 0.5) is 0 Å². The molecular weight excluding hydrogens is 297 g/mol. The molecule has 0 aliphatic rings. The van der Waals surface area contributed by atoms with Gasteiger partial charge in [0.25, 0.3) is 0 Å². The Bertz CT molecular complexity index is 177. The van der Waals surface area contributed by atoms with Crippen LogP contribution in [0.25, 0.3) is 0 Å². The van der Waals surface area contributed by atoms with Gasteiger partial charge in [-0.05, 0) is 12.8 Å². The molecule has 0 fully saturated rings. The molecule has 6 heteroatoms. The third-order valence-electron chi connectivity index (χ3n) is 1.99. The molecule has 0 amide bonds. The molecule has 16 heavy (non-hydrogen) atoms. The first-order valence-corrected chi connectivity index (χ1v) is 8.28. The third kappa shape index (κ3) is 13.2. The average Bonchev–Trinajstić information content (AvgIpc) is 2.20. The van der Waals surface area contributed by atoms with Crippen molar-refractivity contribution in [2.24, 2.45) is 0 Å². The standard InChI is InChI=1S/C10H23O3PS.Zn/c1-3-5-7-9-12-14(11,15)13-10-8-6-4-2;/h3-10H2,1-2H3,(H,11,15);/p-1. The van der Waals surface area contributed by atoms with Crippen LogP contribution in [0.1, 0.15) is 52.4 Å². The monoisotopic (exact) mass is 317 g/mol. The predicted molar refractivity (Wildman–Crippen MR) is 65.2 cm³/mol. The summed E-state index contributed by atoms with van der Waals surface area (Å²) >= 11 is 4.75. The van der Waals surface area contributed by atoms with E-state index in [2.05, 4.69) is 13.8 Å². The molecule has 0 aromatic carbocycles. The molecule has 3 nitrogen and oxygen atoms in total. The van der Waals surface area contributed by atoms with Crippen LogP contribution in [0, 0.1) is 0 Å². The van der Waals surface area contributed by atoms with Gasteiger partial charge >= 0.3 is 0 Å². The molecule has 0 bridgehead atoms. The van der Waals surface area contributed by atoms with Gasteiger partial charge in [0.05, 0.1) is 13.2 Å². The summed E-state index contributed by atoms with van der Waals surface area (Å²) in [5.41, 5.74) is 0. The van der Waals surface area contributed by atoms with Gasteiger partial charge in [-0.3, -0.25) is 0 Å². The molecule has 0 aliphatic carbocycles. The van der Waals surface area contributed by atoms with Crippen LogP contribution in [-0.4, -0.2) is 13.2 Å². The first kappa shape index (κ1) is 19.5. The van der Waals surface area contributed by atoms with Crippen LogP contribution in [0.3, 0.4) is 0 Å². The minimum Gasteiger partial charge on any atom is -0.780 e. The van der Waals surface area contributed by atoms with Gasteiger partial charge in [-0.2, -0.15) is 0 Å². The van der Waals surface area contributed by atoms with E-state index in [0.29, 0.717) is 13.2 Å². The van der Waals surface area contributed by atoms with Gasteiger partial charge in [-0.1, -0.05) is 51.3 Å². The molecule has 0 N–H and O–H groups in total. The SMILES string of the molecule is CCCCCOP([O-])(=S)OCCCCC.[Zn]. The molecule has 0 unspecified atom stereocenters. The molecule has 0 atom stereocenters. The Morgan fingerprint density at radius 1 is 0.938 bits per heavy atom. The number of unbranched alkanes of at least 4 members (excludes halogenated alkanes) is 4. The first-order valence-electron chi connectivity index (χ1n) is 5.72. The molecule has 0 heterocycles. The Balaban J connectivity index is 0. The van der Waals surface area contributed by atoms with Gasteiger partial charge < -0.3 is 13.9 Å². The number of hydrogen-bond donors (Lipinski definition) is 0. The molecule has 0 spiro atoms. The van der Waals surface area contributed by atoms with Crippen LogP contribution >= 0.6 is 6.72 Å². The number of rotatable bonds is 10. The Kier molecular flexibility index (Phi) is 15.4. The maximum absolute atomic E-state index is 11.5. The van der Waals surface area contributed by atoms with Crippen LogP contribution in [0.15, 0.2) is 0 Å². The molecule has 0 rings (SSSR count). The Morgan fingerprint density at radius 2 is 1.31 bits per heavy atom. The van der Waals surface area contributed by atoms with Gasteiger partial charge in [-0.15, -0.1) is 0 Å². The molecule has 0 radical (unpaired) electrons. The van der Waals surface area contributed by atoms with E-state index in [4.69, 9.17) is 20.9 Å². The summed E-state index contributed by atoms with van der Waals surface area (Å²) in [4.78, 5) is 11.5. The Morgan fingerprint density at radius 3 is 1.62 bits per heavy atom. The van der Waals surface area contributed by atoms with Gasteiger partial charge in [0.15, 0.2) is 0 Å². The van der Waals surface area contributed by atoms with Gasteiger partial charge in [0, 0.05) is 19.5 Å². The molecule has 0 aromatic rings. The minimum atomic E-state index is -3.19. The van der Waals surface area contributed by atoms with Crippen LogP contribution in [0.2, 0.25) is 0 Å². The van der Waals surface area contributed by atoms with Crippen LogP contribution in [0.5, 0.6) is 0 Å². The fraction of sp³-hybridized carbons (Fsp3) is 1.00. The Hall–Kier alpha value is 1.15. The fourth-order valence-electron chi connectivity index (χ4n) is 1.09. The van der Waals surface area contributed by atoms with Crippen LogP contribution < -0.4 is 4.89 Å². The normalized spacial score (nSPS) is 11.2. The van der Waals surface area contributed by atoms with Crippen molar-refractivity contribution in [2.75, 3.05) is 13.2 Å².